The number of aromatic nitrogens is 2. The second-order valence-electron chi connectivity index (χ2n) is 10.0. The van der Waals surface area contributed by atoms with Crippen LogP contribution in [0.3, 0.4) is 0 Å². The van der Waals surface area contributed by atoms with Crippen LogP contribution in [0.25, 0.3) is 10.9 Å². The number of carbonyl (C=O) groups is 1. The van der Waals surface area contributed by atoms with Crippen molar-refractivity contribution < 1.29 is 9.53 Å². The maximum Gasteiger partial charge on any atom is 0.251 e. The number of methoxy groups -OCH3 is 1. The topological polar surface area (TPSA) is 73.5 Å². The molecule has 1 aliphatic rings. The molecule has 0 aliphatic heterocycles. The molecule has 1 saturated carbocycles. The number of anilines is 1. The number of halogens is 1. The SMILES string of the molecule is CCN(c1cc(Cl)cc(C(=O)NCc2c(OC)cc(C)c3cn[nH]c23)c1C)C1CCC(N(C)C)CC1. The number of aryl methyl sites for hydroxylation is 1. The van der Waals surface area contributed by atoms with Gasteiger partial charge in [0.1, 0.15) is 5.75 Å². The average molecular weight is 512 g/mol. The van der Waals surface area contributed by atoms with E-state index < -0.39 is 0 Å². The first-order chi connectivity index (χ1) is 17.2. The molecule has 1 heterocycles. The van der Waals surface area contributed by atoms with Gasteiger partial charge in [-0.15, -0.1) is 0 Å². The molecular formula is C28H38ClN5O2. The summed E-state index contributed by atoms with van der Waals surface area (Å²) < 4.78 is 5.61. The first-order valence-electron chi connectivity index (χ1n) is 12.8. The predicted molar refractivity (Wildman–Crippen MR) is 147 cm³/mol. The van der Waals surface area contributed by atoms with Gasteiger partial charge in [0.05, 0.1) is 18.8 Å². The van der Waals surface area contributed by atoms with E-state index in [1.54, 1.807) is 19.4 Å². The molecule has 0 bridgehead atoms. The lowest BCUT2D eigenvalue weighted by Crippen LogP contribution is -2.42. The van der Waals surface area contributed by atoms with Crippen LogP contribution in [0.15, 0.2) is 24.4 Å². The van der Waals surface area contributed by atoms with E-state index in [0.29, 0.717) is 29.2 Å². The number of carbonyl (C=O) groups excluding carboxylic acids is 1. The van der Waals surface area contributed by atoms with Crippen molar-refractivity contribution in [1.29, 1.82) is 0 Å². The summed E-state index contributed by atoms with van der Waals surface area (Å²) >= 11 is 6.57. The van der Waals surface area contributed by atoms with Crippen LogP contribution in [0.5, 0.6) is 5.75 Å². The summed E-state index contributed by atoms with van der Waals surface area (Å²) in [5, 5.41) is 11.9. The maximum absolute atomic E-state index is 13.4. The molecule has 0 radical (unpaired) electrons. The Morgan fingerprint density at radius 3 is 2.50 bits per heavy atom. The zero-order valence-electron chi connectivity index (χ0n) is 22.2. The molecule has 2 N–H and O–H groups in total. The van der Waals surface area contributed by atoms with Crippen molar-refractivity contribution >= 4 is 34.1 Å². The van der Waals surface area contributed by atoms with Gasteiger partial charge in [-0.05, 0) is 89.9 Å². The molecule has 0 spiro atoms. The summed E-state index contributed by atoms with van der Waals surface area (Å²) in [6.45, 7) is 7.41. The van der Waals surface area contributed by atoms with E-state index in [9.17, 15) is 4.79 Å². The minimum atomic E-state index is -0.154. The number of ether oxygens (including phenoxy) is 1. The summed E-state index contributed by atoms with van der Waals surface area (Å²) in [6, 6.07) is 6.84. The third-order valence-electron chi connectivity index (χ3n) is 7.73. The number of nitrogens with zero attached hydrogens (tertiary/aromatic N) is 3. The van der Waals surface area contributed by atoms with Crippen LogP contribution in [0.2, 0.25) is 5.02 Å². The van der Waals surface area contributed by atoms with E-state index in [-0.39, 0.29) is 5.91 Å². The number of hydrogen-bond donors (Lipinski definition) is 2. The highest BCUT2D eigenvalue weighted by Crippen LogP contribution is 2.34. The van der Waals surface area contributed by atoms with Gasteiger partial charge in [0.2, 0.25) is 0 Å². The zero-order chi connectivity index (χ0) is 26.0. The Kier molecular flexibility index (Phi) is 8.10. The molecule has 0 unspecified atom stereocenters. The lowest BCUT2D eigenvalue weighted by Gasteiger charge is -2.40. The maximum atomic E-state index is 13.4. The van der Waals surface area contributed by atoms with Gasteiger partial charge in [0.15, 0.2) is 0 Å². The summed E-state index contributed by atoms with van der Waals surface area (Å²) in [5.41, 5.74) is 5.42. The molecule has 4 rings (SSSR count). The molecule has 1 fully saturated rings. The van der Waals surface area contributed by atoms with Crippen molar-refractivity contribution in [2.75, 3.05) is 32.6 Å². The van der Waals surface area contributed by atoms with Crippen molar-refractivity contribution in [3.8, 4) is 5.75 Å². The van der Waals surface area contributed by atoms with E-state index >= 15 is 0 Å². The van der Waals surface area contributed by atoms with Gasteiger partial charge in [-0.2, -0.15) is 5.10 Å². The van der Waals surface area contributed by atoms with Gasteiger partial charge in [0.25, 0.3) is 5.91 Å². The fourth-order valence-electron chi connectivity index (χ4n) is 5.63. The average Bonchev–Trinajstić information content (AvgIpc) is 3.36. The van der Waals surface area contributed by atoms with Gasteiger partial charge >= 0.3 is 0 Å². The Bertz CT molecular complexity index is 1230. The highest BCUT2D eigenvalue weighted by atomic mass is 35.5. The second kappa shape index (κ2) is 11.1. The molecule has 7 nitrogen and oxygen atoms in total. The van der Waals surface area contributed by atoms with Crippen LogP contribution in [-0.4, -0.2) is 60.8 Å². The smallest absolute Gasteiger partial charge is 0.251 e. The van der Waals surface area contributed by atoms with Crippen LogP contribution in [0.4, 0.5) is 5.69 Å². The second-order valence-corrected chi connectivity index (χ2v) is 10.5. The fraction of sp³-hybridized carbons (Fsp3) is 0.500. The Labute approximate surface area is 219 Å². The lowest BCUT2D eigenvalue weighted by molar-refractivity contribution is 0.0950. The molecule has 1 amide bonds. The molecule has 2 aromatic carbocycles. The number of hydrogen-bond acceptors (Lipinski definition) is 5. The Morgan fingerprint density at radius 2 is 1.86 bits per heavy atom. The van der Waals surface area contributed by atoms with Crippen LogP contribution in [-0.2, 0) is 6.54 Å². The number of nitrogens with one attached hydrogen (secondary N) is 2. The summed E-state index contributed by atoms with van der Waals surface area (Å²) in [7, 11) is 5.97. The number of fused-ring (bicyclic) bond motifs is 1. The fourth-order valence-corrected chi connectivity index (χ4v) is 5.84. The van der Waals surface area contributed by atoms with Crippen LogP contribution in [0.1, 0.15) is 59.7 Å². The van der Waals surface area contributed by atoms with Gasteiger partial charge in [-0.3, -0.25) is 9.89 Å². The zero-order valence-corrected chi connectivity index (χ0v) is 23.0. The van der Waals surface area contributed by atoms with Gasteiger partial charge in [-0.25, -0.2) is 0 Å². The predicted octanol–water partition coefficient (Wildman–Crippen LogP) is 5.47. The van der Waals surface area contributed by atoms with Gasteiger partial charge < -0.3 is 19.9 Å². The van der Waals surface area contributed by atoms with Crippen molar-refractivity contribution in [2.24, 2.45) is 0 Å². The molecule has 36 heavy (non-hydrogen) atoms. The van der Waals surface area contributed by atoms with Crippen LogP contribution < -0.4 is 15.0 Å². The van der Waals surface area contributed by atoms with E-state index in [4.69, 9.17) is 16.3 Å². The van der Waals surface area contributed by atoms with Crippen molar-refractivity contribution in [3.63, 3.8) is 0 Å². The molecule has 1 aromatic heterocycles. The molecule has 0 saturated heterocycles. The Hall–Kier alpha value is -2.77. The minimum Gasteiger partial charge on any atom is -0.496 e. The number of aromatic amines is 1. The lowest BCUT2D eigenvalue weighted by atomic mass is 9.89. The number of amides is 1. The normalized spacial score (nSPS) is 18.0. The highest BCUT2D eigenvalue weighted by molar-refractivity contribution is 6.31. The van der Waals surface area contributed by atoms with Crippen molar-refractivity contribution in [2.45, 2.75) is 65.1 Å². The first kappa shape index (κ1) is 26.3. The number of H-pyrrole nitrogens is 1. The molecule has 1 aliphatic carbocycles. The number of benzene rings is 2. The van der Waals surface area contributed by atoms with Crippen LogP contribution >= 0.6 is 11.6 Å². The first-order valence-corrected chi connectivity index (χ1v) is 13.1. The standard InChI is InChI=1S/C28H38ClN5O2/c1-7-34(21-10-8-20(9-11-21)33(4)5)25-14-19(29)13-22(18(25)3)28(35)30-15-24-26(36-6)12-17(2)23-16-31-32-27(23)24/h12-14,16,20-21H,7-11,15H2,1-6H3,(H,30,35)(H,31,32). The minimum absolute atomic E-state index is 0.154. The van der Waals surface area contributed by atoms with E-state index in [2.05, 4.69) is 46.3 Å². The van der Waals surface area contributed by atoms with Gasteiger partial charge in [-0.1, -0.05) is 11.6 Å². The molecule has 3 aromatic rings. The molecular weight excluding hydrogens is 474 g/mol. The Balaban J connectivity index is 1.57. The van der Waals surface area contributed by atoms with Gasteiger partial charge in [0, 0.05) is 52.4 Å². The van der Waals surface area contributed by atoms with Crippen molar-refractivity contribution in [1.82, 2.24) is 20.4 Å². The van der Waals surface area contributed by atoms with Crippen molar-refractivity contribution in [3.05, 3.63) is 51.7 Å². The monoisotopic (exact) mass is 511 g/mol. The third-order valence-corrected chi connectivity index (χ3v) is 7.95. The van der Waals surface area contributed by atoms with Crippen LogP contribution in [0, 0.1) is 13.8 Å². The number of rotatable bonds is 8. The Morgan fingerprint density at radius 1 is 1.17 bits per heavy atom. The molecule has 8 heteroatoms. The largest absolute Gasteiger partial charge is 0.496 e. The third kappa shape index (κ3) is 5.18. The van der Waals surface area contributed by atoms with E-state index in [1.807, 2.05) is 26.0 Å². The molecule has 194 valence electrons. The quantitative estimate of drug-likeness (QED) is 0.419. The highest BCUT2D eigenvalue weighted by Gasteiger charge is 2.28. The van der Waals surface area contributed by atoms with E-state index in [1.165, 1.54) is 12.8 Å². The van der Waals surface area contributed by atoms with E-state index in [0.717, 1.165) is 58.4 Å². The summed E-state index contributed by atoms with van der Waals surface area (Å²) in [5.74, 6) is 0.567. The summed E-state index contributed by atoms with van der Waals surface area (Å²) in [4.78, 5) is 18.2. The summed E-state index contributed by atoms with van der Waals surface area (Å²) in [6.07, 6.45) is 6.44. The molecule has 0 atom stereocenters.